The number of anilines is 1. The summed E-state index contributed by atoms with van der Waals surface area (Å²) >= 11 is 6.74. The number of furan rings is 1. The lowest BCUT2D eigenvalue weighted by Crippen LogP contribution is -2.27. The quantitative estimate of drug-likeness (QED) is 0.318. The van der Waals surface area contributed by atoms with Gasteiger partial charge in [0.1, 0.15) is 5.76 Å². The SMILES string of the molecule is O=C(O)c1ccc(Cn2cc(C=C3SC(=S)N(c4ccccc4)C3=O)c3ccccc32)o1. The summed E-state index contributed by atoms with van der Waals surface area (Å²) in [5.74, 6) is -0.818. The number of thiocarbonyl (C=S) groups is 1. The van der Waals surface area contributed by atoms with Crippen LogP contribution in [0, 0.1) is 0 Å². The van der Waals surface area contributed by atoms with Gasteiger partial charge in [0.2, 0.25) is 5.76 Å². The second kappa shape index (κ2) is 8.14. The lowest BCUT2D eigenvalue weighted by molar-refractivity contribution is -0.113. The highest BCUT2D eigenvalue weighted by Gasteiger charge is 2.33. The number of carboxylic acids is 1. The van der Waals surface area contributed by atoms with Crippen LogP contribution < -0.4 is 4.90 Å². The molecule has 5 rings (SSSR count). The van der Waals surface area contributed by atoms with Gasteiger partial charge in [0, 0.05) is 22.7 Å². The summed E-state index contributed by atoms with van der Waals surface area (Å²) in [5.41, 5.74) is 2.57. The number of amides is 1. The molecule has 1 saturated heterocycles. The molecule has 1 aliphatic rings. The van der Waals surface area contributed by atoms with Gasteiger partial charge in [-0.25, -0.2) is 4.79 Å². The summed E-state index contributed by atoms with van der Waals surface area (Å²) in [4.78, 5) is 26.3. The molecular weight excluding hydrogens is 444 g/mol. The highest BCUT2D eigenvalue weighted by atomic mass is 32.2. The van der Waals surface area contributed by atoms with E-state index in [1.807, 2.05) is 71.4 Å². The van der Waals surface area contributed by atoms with E-state index in [4.69, 9.17) is 21.7 Å². The lowest BCUT2D eigenvalue weighted by atomic mass is 10.1. The molecule has 32 heavy (non-hydrogen) atoms. The summed E-state index contributed by atoms with van der Waals surface area (Å²) in [6.07, 6.45) is 3.79. The van der Waals surface area contributed by atoms with Crippen molar-refractivity contribution in [3.8, 4) is 0 Å². The molecule has 0 atom stereocenters. The lowest BCUT2D eigenvalue weighted by Gasteiger charge is -2.13. The van der Waals surface area contributed by atoms with Crippen molar-refractivity contribution in [2.45, 2.75) is 6.54 Å². The number of aromatic nitrogens is 1. The zero-order valence-corrected chi connectivity index (χ0v) is 18.2. The molecule has 0 spiro atoms. The van der Waals surface area contributed by atoms with E-state index in [1.165, 1.54) is 17.8 Å². The predicted octanol–water partition coefficient (Wildman–Crippen LogP) is 5.39. The Labute approximate surface area is 192 Å². The average Bonchev–Trinajstić information content (AvgIpc) is 3.47. The number of nitrogens with zero attached hydrogens (tertiary/aromatic N) is 2. The smallest absolute Gasteiger partial charge is 0.371 e. The van der Waals surface area contributed by atoms with Crippen LogP contribution in [0.25, 0.3) is 17.0 Å². The van der Waals surface area contributed by atoms with Crippen molar-refractivity contribution >= 4 is 62.8 Å². The number of benzene rings is 2. The third-order valence-corrected chi connectivity index (χ3v) is 6.41. The van der Waals surface area contributed by atoms with Crippen molar-refractivity contribution in [2.24, 2.45) is 0 Å². The zero-order chi connectivity index (χ0) is 22.2. The number of hydrogen-bond donors (Lipinski definition) is 1. The van der Waals surface area contributed by atoms with E-state index in [2.05, 4.69) is 0 Å². The molecule has 6 nitrogen and oxygen atoms in total. The minimum Gasteiger partial charge on any atom is -0.475 e. The van der Waals surface area contributed by atoms with Crippen LogP contribution in [0.3, 0.4) is 0 Å². The van der Waals surface area contributed by atoms with Gasteiger partial charge in [-0.15, -0.1) is 0 Å². The fraction of sp³-hybridized carbons (Fsp3) is 0.0417. The standard InChI is InChI=1S/C24H16N2O4S2/c27-22-21(32-24(31)26(22)16-6-2-1-3-7-16)12-15-13-25(19-9-5-4-8-18(15)19)14-17-10-11-20(30-17)23(28)29/h1-13H,14H2,(H,28,29). The number of carboxylic acid groups (broad SMARTS) is 1. The van der Waals surface area contributed by atoms with Crippen molar-refractivity contribution in [3.63, 3.8) is 0 Å². The first-order valence-electron chi connectivity index (χ1n) is 9.74. The Balaban J connectivity index is 1.51. The van der Waals surface area contributed by atoms with Crippen LogP contribution in [-0.4, -0.2) is 25.9 Å². The Bertz CT molecular complexity index is 1400. The van der Waals surface area contributed by atoms with Gasteiger partial charge in [-0.1, -0.05) is 60.4 Å². The molecule has 4 aromatic rings. The molecule has 0 saturated carbocycles. The van der Waals surface area contributed by atoms with Crippen LogP contribution in [-0.2, 0) is 11.3 Å². The van der Waals surface area contributed by atoms with E-state index < -0.39 is 5.97 Å². The summed E-state index contributed by atoms with van der Waals surface area (Å²) in [5, 5.41) is 10.1. The van der Waals surface area contributed by atoms with Crippen molar-refractivity contribution in [1.29, 1.82) is 0 Å². The van der Waals surface area contributed by atoms with E-state index in [9.17, 15) is 9.59 Å². The monoisotopic (exact) mass is 460 g/mol. The molecule has 0 unspecified atom stereocenters. The van der Waals surface area contributed by atoms with E-state index in [1.54, 1.807) is 11.0 Å². The Morgan fingerprint density at radius 3 is 2.56 bits per heavy atom. The summed E-state index contributed by atoms with van der Waals surface area (Å²) in [6, 6.07) is 20.3. The molecular formula is C24H16N2O4S2. The Morgan fingerprint density at radius 1 is 1.06 bits per heavy atom. The van der Waals surface area contributed by atoms with Gasteiger partial charge in [-0.2, -0.15) is 0 Å². The number of thioether (sulfide) groups is 1. The third kappa shape index (κ3) is 3.63. The number of carbonyl (C=O) groups is 2. The maximum Gasteiger partial charge on any atom is 0.371 e. The normalized spacial score (nSPS) is 15.2. The zero-order valence-electron chi connectivity index (χ0n) is 16.6. The highest BCUT2D eigenvalue weighted by Crippen LogP contribution is 2.37. The van der Waals surface area contributed by atoms with Crippen LogP contribution in [0.4, 0.5) is 5.69 Å². The van der Waals surface area contributed by atoms with E-state index in [0.717, 1.165) is 22.2 Å². The van der Waals surface area contributed by atoms with Crippen molar-refractivity contribution in [2.75, 3.05) is 4.90 Å². The first kappa shape index (κ1) is 20.3. The first-order chi connectivity index (χ1) is 15.5. The van der Waals surface area contributed by atoms with E-state index >= 15 is 0 Å². The van der Waals surface area contributed by atoms with Gasteiger partial charge in [0.05, 0.1) is 17.1 Å². The summed E-state index contributed by atoms with van der Waals surface area (Å²) in [6.45, 7) is 0.368. The predicted molar refractivity (Wildman–Crippen MR) is 129 cm³/mol. The van der Waals surface area contributed by atoms with Gasteiger partial charge < -0.3 is 14.1 Å². The fourth-order valence-corrected chi connectivity index (χ4v) is 4.97. The first-order valence-corrected chi connectivity index (χ1v) is 11.0. The second-order valence-corrected chi connectivity index (χ2v) is 8.83. The summed E-state index contributed by atoms with van der Waals surface area (Å²) < 4.78 is 7.89. The van der Waals surface area contributed by atoms with E-state index in [-0.39, 0.29) is 11.7 Å². The van der Waals surface area contributed by atoms with Crippen LogP contribution in [0.1, 0.15) is 21.9 Å². The van der Waals surface area contributed by atoms with Crippen LogP contribution in [0.2, 0.25) is 0 Å². The highest BCUT2D eigenvalue weighted by molar-refractivity contribution is 8.27. The van der Waals surface area contributed by atoms with Crippen LogP contribution in [0.5, 0.6) is 0 Å². The molecule has 0 bridgehead atoms. The third-order valence-electron chi connectivity index (χ3n) is 5.11. The molecule has 158 valence electrons. The minimum absolute atomic E-state index is 0.0960. The van der Waals surface area contributed by atoms with Crippen molar-refractivity contribution in [1.82, 2.24) is 4.57 Å². The number of hydrogen-bond acceptors (Lipinski definition) is 5. The Kier molecular flexibility index (Phi) is 5.16. The number of aromatic carboxylic acids is 1. The van der Waals surface area contributed by atoms with Crippen LogP contribution >= 0.6 is 24.0 Å². The van der Waals surface area contributed by atoms with E-state index in [0.29, 0.717) is 21.5 Å². The fourth-order valence-electron chi connectivity index (χ4n) is 3.68. The summed E-state index contributed by atoms with van der Waals surface area (Å²) in [7, 11) is 0. The maximum atomic E-state index is 13.1. The van der Waals surface area contributed by atoms with Gasteiger partial charge in [-0.05, 0) is 36.4 Å². The molecule has 1 aliphatic heterocycles. The van der Waals surface area contributed by atoms with Gasteiger partial charge in [0.25, 0.3) is 5.91 Å². The number of carbonyl (C=O) groups excluding carboxylic acids is 1. The molecule has 2 aromatic heterocycles. The van der Waals surface area contributed by atoms with Crippen molar-refractivity contribution < 1.29 is 19.1 Å². The van der Waals surface area contributed by atoms with Gasteiger partial charge >= 0.3 is 5.97 Å². The number of para-hydroxylation sites is 2. The number of fused-ring (bicyclic) bond motifs is 1. The Hall–Kier alpha value is -3.62. The van der Waals surface area contributed by atoms with Crippen molar-refractivity contribution in [3.05, 3.63) is 94.9 Å². The number of rotatable bonds is 5. The molecule has 3 heterocycles. The van der Waals surface area contributed by atoms with Crippen LogP contribution in [0.15, 0.2) is 82.2 Å². The molecule has 0 radical (unpaired) electrons. The minimum atomic E-state index is -1.10. The Morgan fingerprint density at radius 2 is 1.81 bits per heavy atom. The molecule has 1 amide bonds. The maximum absolute atomic E-state index is 13.1. The molecule has 8 heteroatoms. The van der Waals surface area contributed by atoms with Gasteiger partial charge in [-0.3, -0.25) is 9.69 Å². The largest absolute Gasteiger partial charge is 0.475 e. The molecule has 0 aliphatic carbocycles. The molecule has 1 fully saturated rings. The second-order valence-electron chi connectivity index (χ2n) is 7.15. The average molecular weight is 461 g/mol. The molecule has 2 aromatic carbocycles. The molecule has 1 N–H and O–H groups in total. The van der Waals surface area contributed by atoms with Gasteiger partial charge in [0.15, 0.2) is 4.32 Å². The topological polar surface area (TPSA) is 75.7 Å².